The molecule has 1 saturated heterocycles. The Morgan fingerprint density at radius 3 is 2.78 bits per heavy atom. The van der Waals surface area contributed by atoms with Gasteiger partial charge in [0, 0.05) is 46.6 Å². The molecule has 0 amide bonds. The molecule has 0 unspecified atom stereocenters. The Labute approximate surface area is 190 Å². The Hall–Kier alpha value is -2.43. The van der Waals surface area contributed by atoms with Gasteiger partial charge in [0.25, 0.3) is 0 Å². The zero-order chi connectivity index (χ0) is 22.7. The van der Waals surface area contributed by atoms with Crippen LogP contribution in [0.2, 0.25) is 25.7 Å². The molecule has 0 saturated carbocycles. The first-order valence-corrected chi connectivity index (χ1v) is 15.0. The molecule has 10 heteroatoms. The predicted octanol–water partition coefficient (Wildman–Crippen LogP) is 3.46. The Kier molecular flexibility index (Phi) is 6.82. The van der Waals surface area contributed by atoms with Crippen molar-refractivity contribution in [2.24, 2.45) is 18.9 Å². The predicted molar refractivity (Wildman–Crippen MR) is 129 cm³/mol. The molecule has 1 aliphatic heterocycles. The van der Waals surface area contributed by atoms with E-state index in [1.54, 1.807) is 10.9 Å². The second-order valence-electron chi connectivity index (χ2n) is 9.96. The lowest BCUT2D eigenvalue weighted by molar-refractivity contribution is 0.0899. The van der Waals surface area contributed by atoms with E-state index >= 15 is 0 Å². The summed E-state index contributed by atoms with van der Waals surface area (Å²) in [6.45, 7) is 13.2. The minimum atomic E-state index is -1.12. The number of nitrogens with one attached hydrogen (secondary N) is 2. The van der Waals surface area contributed by atoms with Crippen molar-refractivity contribution in [1.82, 2.24) is 29.6 Å². The van der Waals surface area contributed by atoms with Gasteiger partial charge in [-0.25, -0.2) is 0 Å². The molecule has 4 rings (SSSR count). The van der Waals surface area contributed by atoms with Crippen LogP contribution < -0.4 is 15.4 Å². The maximum absolute atomic E-state index is 6.24. The fourth-order valence-corrected chi connectivity index (χ4v) is 4.49. The van der Waals surface area contributed by atoms with Crippen LogP contribution in [0.3, 0.4) is 0 Å². The number of aryl methyl sites for hydroxylation is 1. The normalized spacial score (nSPS) is 19.0. The molecule has 1 aliphatic rings. The van der Waals surface area contributed by atoms with Crippen molar-refractivity contribution in [3.05, 3.63) is 24.7 Å². The summed E-state index contributed by atoms with van der Waals surface area (Å²) in [5, 5.41) is 11.8. The second-order valence-corrected chi connectivity index (χ2v) is 15.6. The van der Waals surface area contributed by atoms with Crippen molar-refractivity contribution in [3.63, 3.8) is 0 Å². The zero-order valence-electron chi connectivity index (χ0n) is 19.8. The van der Waals surface area contributed by atoms with Crippen LogP contribution in [0.15, 0.2) is 24.7 Å². The van der Waals surface area contributed by atoms with Gasteiger partial charge in [-0.3, -0.25) is 4.68 Å². The molecule has 9 nitrogen and oxygen atoms in total. The highest BCUT2D eigenvalue weighted by Crippen LogP contribution is 2.28. The van der Waals surface area contributed by atoms with Crippen molar-refractivity contribution in [2.45, 2.75) is 39.3 Å². The molecule has 2 atom stereocenters. The zero-order valence-corrected chi connectivity index (χ0v) is 20.8. The minimum absolute atomic E-state index is 0.459. The summed E-state index contributed by atoms with van der Waals surface area (Å²) >= 11 is 0. The molecule has 2 N–H and O–H groups in total. The maximum atomic E-state index is 6.24. The molecular formula is C22H35N7O2Si. The summed E-state index contributed by atoms with van der Waals surface area (Å²) in [6, 6.07) is 3.15. The van der Waals surface area contributed by atoms with E-state index in [0.29, 0.717) is 37.0 Å². The first kappa shape index (κ1) is 22.7. The molecule has 0 aliphatic carbocycles. The van der Waals surface area contributed by atoms with Crippen LogP contribution in [0, 0.1) is 11.8 Å². The third-order valence-electron chi connectivity index (χ3n) is 5.88. The summed E-state index contributed by atoms with van der Waals surface area (Å²) in [7, 11) is 0.754. The summed E-state index contributed by atoms with van der Waals surface area (Å²) < 4.78 is 16.0. The van der Waals surface area contributed by atoms with Crippen LogP contribution >= 0.6 is 0 Å². The molecular weight excluding hydrogens is 422 g/mol. The van der Waals surface area contributed by atoms with E-state index in [0.717, 1.165) is 42.5 Å². The van der Waals surface area contributed by atoms with E-state index in [1.165, 1.54) is 0 Å². The third-order valence-corrected chi connectivity index (χ3v) is 7.59. The molecule has 3 aromatic heterocycles. The van der Waals surface area contributed by atoms with Gasteiger partial charge in [0.2, 0.25) is 11.8 Å². The summed E-state index contributed by atoms with van der Waals surface area (Å²) in [5.74, 6) is 2.15. The average molecular weight is 458 g/mol. The molecule has 0 aromatic carbocycles. The van der Waals surface area contributed by atoms with Crippen LogP contribution in [0.1, 0.15) is 6.92 Å². The Bertz CT molecular complexity index is 1040. The Morgan fingerprint density at radius 1 is 1.25 bits per heavy atom. The van der Waals surface area contributed by atoms with Crippen molar-refractivity contribution in [2.75, 3.05) is 31.6 Å². The standard InChI is InChI=1S/C22H35N7O2Si/c1-16-10-23-11-17(16)14-31-21-19-6-7-29(15-30-8-9-32(3,4)5)20(19)26-22(27-21)25-18-12-24-28(2)13-18/h6-7,12-13,16-17,23H,8-11,14-15H2,1-5H3,(H,25,26,27)/t16-,17+/m1/s1. The molecule has 174 valence electrons. The van der Waals surface area contributed by atoms with E-state index in [-0.39, 0.29) is 0 Å². The Balaban J connectivity index is 1.55. The minimum Gasteiger partial charge on any atom is -0.477 e. The van der Waals surface area contributed by atoms with Gasteiger partial charge in [-0.15, -0.1) is 0 Å². The van der Waals surface area contributed by atoms with E-state index in [2.05, 4.69) is 47.3 Å². The fourth-order valence-electron chi connectivity index (χ4n) is 3.74. The highest BCUT2D eigenvalue weighted by molar-refractivity contribution is 6.76. The number of hydrogen-bond acceptors (Lipinski definition) is 7. The van der Waals surface area contributed by atoms with Gasteiger partial charge < -0.3 is 24.7 Å². The van der Waals surface area contributed by atoms with E-state index in [4.69, 9.17) is 14.5 Å². The van der Waals surface area contributed by atoms with Gasteiger partial charge in [-0.1, -0.05) is 26.6 Å². The lowest BCUT2D eigenvalue weighted by atomic mass is 9.99. The van der Waals surface area contributed by atoms with Crippen molar-refractivity contribution in [1.29, 1.82) is 0 Å². The topological polar surface area (TPSA) is 91.0 Å². The van der Waals surface area contributed by atoms with Gasteiger partial charge in [-0.2, -0.15) is 15.1 Å². The van der Waals surface area contributed by atoms with Gasteiger partial charge >= 0.3 is 0 Å². The molecule has 0 radical (unpaired) electrons. The monoisotopic (exact) mass is 457 g/mol. The summed E-state index contributed by atoms with van der Waals surface area (Å²) in [4.78, 5) is 9.45. The molecule has 0 spiro atoms. The molecule has 0 bridgehead atoms. The number of rotatable bonds is 10. The number of nitrogens with zero attached hydrogens (tertiary/aromatic N) is 5. The largest absolute Gasteiger partial charge is 0.477 e. The van der Waals surface area contributed by atoms with Crippen LogP contribution in [0.5, 0.6) is 5.88 Å². The van der Waals surface area contributed by atoms with Gasteiger partial charge in [0.15, 0.2) is 5.65 Å². The van der Waals surface area contributed by atoms with E-state index in [1.807, 2.05) is 30.1 Å². The van der Waals surface area contributed by atoms with E-state index in [9.17, 15) is 0 Å². The summed E-state index contributed by atoms with van der Waals surface area (Å²) in [6.07, 6.45) is 5.63. The Morgan fingerprint density at radius 2 is 2.09 bits per heavy atom. The third kappa shape index (κ3) is 5.67. The van der Waals surface area contributed by atoms with Gasteiger partial charge in [0.1, 0.15) is 6.73 Å². The van der Waals surface area contributed by atoms with Crippen molar-refractivity contribution in [3.8, 4) is 5.88 Å². The van der Waals surface area contributed by atoms with Crippen LogP contribution in [0.25, 0.3) is 11.0 Å². The lowest BCUT2D eigenvalue weighted by Crippen LogP contribution is -2.22. The van der Waals surface area contributed by atoms with Crippen LogP contribution in [0.4, 0.5) is 11.6 Å². The highest BCUT2D eigenvalue weighted by Gasteiger charge is 2.24. The van der Waals surface area contributed by atoms with Crippen molar-refractivity contribution >= 4 is 30.7 Å². The van der Waals surface area contributed by atoms with Crippen LogP contribution in [-0.2, 0) is 18.5 Å². The SMILES string of the molecule is C[C@@H]1CNC[C@H]1COc1nc(Nc2cnn(C)c2)nc2c1ccn2COCC[Si](C)(C)C. The van der Waals surface area contributed by atoms with Gasteiger partial charge in [-0.05, 0) is 24.6 Å². The maximum Gasteiger partial charge on any atom is 0.232 e. The number of fused-ring (bicyclic) bond motifs is 1. The number of anilines is 2. The summed E-state index contributed by atoms with van der Waals surface area (Å²) in [5.41, 5.74) is 1.63. The van der Waals surface area contributed by atoms with Crippen molar-refractivity contribution < 1.29 is 9.47 Å². The average Bonchev–Trinajstić information content (AvgIpc) is 3.43. The first-order chi connectivity index (χ1) is 15.3. The second kappa shape index (κ2) is 9.59. The highest BCUT2D eigenvalue weighted by atomic mass is 28.3. The molecule has 1 fully saturated rings. The number of ether oxygens (including phenoxy) is 2. The first-order valence-electron chi connectivity index (χ1n) is 11.3. The smallest absolute Gasteiger partial charge is 0.232 e. The van der Waals surface area contributed by atoms with Gasteiger partial charge in [0.05, 0.1) is 23.9 Å². The molecule has 4 heterocycles. The van der Waals surface area contributed by atoms with E-state index < -0.39 is 8.07 Å². The fraction of sp³-hybridized carbons (Fsp3) is 0.591. The number of hydrogen-bond donors (Lipinski definition) is 2. The lowest BCUT2D eigenvalue weighted by Gasteiger charge is -2.16. The van der Waals surface area contributed by atoms with Crippen LogP contribution in [-0.4, -0.2) is 58.7 Å². The molecule has 32 heavy (non-hydrogen) atoms. The molecule has 3 aromatic rings. The number of aromatic nitrogens is 5. The quantitative estimate of drug-likeness (QED) is 0.356.